The van der Waals surface area contributed by atoms with Crippen LogP contribution in [0.2, 0.25) is 0 Å². The number of ether oxygens (including phenoxy) is 1. The SMILES string of the molecule is CN=C(NCCN(C)S(=O)(=O)c1cccs1)NCC(C)(C)OC. The highest BCUT2D eigenvalue weighted by Gasteiger charge is 2.21. The van der Waals surface area contributed by atoms with Crippen molar-refractivity contribution < 1.29 is 13.2 Å². The molecule has 0 aromatic carbocycles. The van der Waals surface area contributed by atoms with Crippen molar-refractivity contribution in [3.05, 3.63) is 17.5 Å². The minimum Gasteiger partial charge on any atom is -0.377 e. The first-order valence-corrected chi connectivity index (χ1v) is 9.54. The fraction of sp³-hybridized carbons (Fsp3) is 0.643. The second-order valence-corrected chi connectivity index (χ2v) is 8.79. The van der Waals surface area contributed by atoms with Crippen LogP contribution < -0.4 is 10.6 Å². The van der Waals surface area contributed by atoms with E-state index in [4.69, 9.17) is 4.74 Å². The van der Waals surface area contributed by atoms with E-state index < -0.39 is 10.0 Å². The zero-order valence-corrected chi connectivity index (χ0v) is 15.9. The average Bonchev–Trinajstić information content (AvgIpc) is 3.05. The van der Waals surface area contributed by atoms with Crippen LogP contribution in [0.3, 0.4) is 0 Å². The largest absolute Gasteiger partial charge is 0.377 e. The maximum Gasteiger partial charge on any atom is 0.252 e. The summed E-state index contributed by atoms with van der Waals surface area (Å²) >= 11 is 1.22. The van der Waals surface area contributed by atoms with Gasteiger partial charge in [0.2, 0.25) is 0 Å². The highest BCUT2D eigenvalue weighted by Crippen LogP contribution is 2.19. The Morgan fingerprint density at radius 2 is 2.13 bits per heavy atom. The van der Waals surface area contributed by atoms with Gasteiger partial charge in [-0.15, -0.1) is 11.3 Å². The first-order chi connectivity index (χ1) is 10.7. The van der Waals surface area contributed by atoms with E-state index in [0.29, 0.717) is 29.8 Å². The second kappa shape index (κ2) is 8.62. The van der Waals surface area contributed by atoms with Gasteiger partial charge in [0, 0.05) is 40.8 Å². The van der Waals surface area contributed by atoms with Gasteiger partial charge in [-0.3, -0.25) is 4.99 Å². The molecule has 2 N–H and O–H groups in total. The van der Waals surface area contributed by atoms with Crippen LogP contribution in [0, 0.1) is 0 Å². The molecule has 0 aliphatic rings. The van der Waals surface area contributed by atoms with E-state index in [-0.39, 0.29) is 5.60 Å². The molecule has 0 unspecified atom stereocenters. The van der Waals surface area contributed by atoms with Crippen molar-refractivity contribution >= 4 is 27.3 Å². The maximum atomic E-state index is 12.3. The molecule has 1 aromatic rings. The third-order valence-corrected chi connectivity index (χ3v) is 6.57. The minimum atomic E-state index is -3.41. The summed E-state index contributed by atoms with van der Waals surface area (Å²) in [6.07, 6.45) is 0. The molecule has 1 heterocycles. The molecular weight excluding hydrogens is 336 g/mol. The molecule has 7 nitrogen and oxygen atoms in total. The number of rotatable bonds is 8. The van der Waals surface area contributed by atoms with E-state index >= 15 is 0 Å². The average molecular weight is 363 g/mol. The molecule has 0 saturated carbocycles. The standard InChI is InChI=1S/C14H26N4O3S2/c1-14(2,21-5)11-17-13(15-3)16-8-9-18(4)23(19,20)12-7-6-10-22-12/h6-7,10H,8-9,11H2,1-5H3,(H2,15,16,17). The predicted octanol–water partition coefficient (Wildman–Crippen LogP) is 0.959. The third kappa shape index (κ3) is 6.09. The van der Waals surface area contributed by atoms with Crippen molar-refractivity contribution in [3.63, 3.8) is 0 Å². The Bertz CT molecular complexity index is 598. The number of guanidine groups is 1. The molecular formula is C14H26N4O3S2. The number of likely N-dealkylation sites (N-methyl/N-ethyl adjacent to an activating group) is 1. The number of aliphatic imine (C=N–C) groups is 1. The number of hydrogen-bond donors (Lipinski definition) is 2. The first kappa shape index (κ1) is 19.9. The molecule has 132 valence electrons. The number of nitrogens with one attached hydrogen (secondary N) is 2. The zero-order valence-electron chi connectivity index (χ0n) is 14.3. The number of methoxy groups -OCH3 is 1. The second-order valence-electron chi connectivity index (χ2n) is 5.58. The van der Waals surface area contributed by atoms with Gasteiger partial charge in [-0.05, 0) is 25.3 Å². The molecule has 0 saturated heterocycles. The van der Waals surface area contributed by atoms with E-state index in [1.807, 2.05) is 13.8 Å². The van der Waals surface area contributed by atoms with Gasteiger partial charge in [-0.25, -0.2) is 8.42 Å². The van der Waals surface area contributed by atoms with Crippen molar-refractivity contribution in [2.75, 3.05) is 40.8 Å². The molecule has 1 rings (SSSR count). The summed E-state index contributed by atoms with van der Waals surface area (Å²) in [6.45, 7) is 5.32. The summed E-state index contributed by atoms with van der Waals surface area (Å²) in [4.78, 5) is 4.11. The van der Waals surface area contributed by atoms with Gasteiger partial charge >= 0.3 is 0 Å². The third-order valence-electron chi connectivity index (χ3n) is 3.34. The van der Waals surface area contributed by atoms with Gasteiger partial charge < -0.3 is 15.4 Å². The molecule has 0 spiro atoms. The molecule has 0 bridgehead atoms. The van der Waals surface area contributed by atoms with Crippen LogP contribution in [0.1, 0.15) is 13.8 Å². The quantitative estimate of drug-likeness (QED) is 0.532. The summed E-state index contributed by atoms with van der Waals surface area (Å²) in [5.41, 5.74) is -0.309. The molecule has 0 atom stereocenters. The topological polar surface area (TPSA) is 83.0 Å². The zero-order chi connectivity index (χ0) is 17.5. The van der Waals surface area contributed by atoms with Crippen LogP contribution in [-0.4, -0.2) is 65.1 Å². The Morgan fingerprint density at radius 3 is 2.65 bits per heavy atom. The number of thiophene rings is 1. The van der Waals surface area contributed by atoms with Crippen LogP contribution in [0.15, 0.2) is 26.7 Å². The molecule has 0 amide bonds. The molecule has 0 radical (unpaired) electrons. The van der Waals surface area contributed by atoms with E-state index in [2.05, 4.69) is 15.6 Å². The van der Waals surface area contributed by atoms with Crippen LogP contribution in [0.5, 0.6) is 0 Å². The Morgan fingerprint density at radius 1 is 1.43 bits per heavy atom. The van der Waals surface area contributed by atoms with Crippen LogP contribution in [0.25, 0.3) is 0 Å². The van der Waals surface area contributed by atoms with Crippen molar-refractivity contribution in [3.8, 4) is 0 Å². The summed E-state index contributed by atoms with van der Waals surface area (Å²) in [7, 11) is 1.49. The minimum absolute atomic E-state index is 0.309. The van der Waals surface area contributed by atoms with Crippen molar-refractivity contribution in [2.24, 2.45) is 4.99 Å². The molecule has 9 heteroatoms. The molecule has 1 aromatic heterocycles. The fourth-order valence-electron chi connectivity index (χ4n) is 1.61. The summed E-state index contributed by atoms with van der Waals surface area (Å²) < 4.78 is 31.6. The fourth-order valence-corrected chi connectivity index (χ4v) is 3.98. The summed E-state index contributed by atoms with van der Waals surface area (Å²) in [5, 5.41) is 8.00. The van der Waals surface area contributed by atoms with Gasteiger partial charge in [-0.2, -0.15) is 4.31 Å². The van der Waals surface area contributed by atoms with Gasteiger partial charge in [0.05, 0.1) is 5.60 Å². The van der Waals surface area contributed by atoms with Crippen LogP contribution in [-0.2, 0) is 14.8 Å². The number of nitrogens with zero attached hydrogens (tertiary/aromatic N) is 2. The van der Waals surface area contributed by atoms with Gasteiger partial charge in [0.15, 0.2) is 5.96 Å². The number of hydrogen-bond acceptors (Lipinski definition) is 5. The van der Waals surface area contributed by atoms with Crippen molar-refractivity contribution in [1.29, 1.82) is 0 Å². The first-order valence-electron chi connectivity index (χ1n) is 7.22. The normalized spacial score (nSPS) is 13.4. The molecule has 23 heavy (non-hydrogen) atoms. The Hall–Kier alpha value is -1.16. The van der Waals surface area contributed by atoms with Gasteiger partial charge in [0.1, 0.15) is 4.21 Å². The summed E-state index contributed by atoms with van der Waals surface area (Å²) in [6, 6.07) is 3.34. The van der Waals surface area contributed by atoms with E-state index in [1.165, 1.54) is 15.6 Å². The van der Waals surface area contributed by atoms with Crippen molar-refractivity contribution in [1.82, 2.24) is 14.9 Å². The Balaban J connectivity index is 2.46. The lowest BCUT2D eigenvalue weighted by molar-refractivity contribution is 0.0268. The summed E-state index contributed by atoms with van der Waals surface area (Å²) in [5.74, 6) is 0.608. The molecule has 0 aliphatic heterocycles. The smallest absolute Gasteiger partial charge is 0.252 e. The monoisotopic (exact) mass is 362 g/mol. The Kier molecular flexibility index (Phi) is 7.46. The van der Waals surface area contributed by atoms with E-state index in [1.54, 1.807) is 38.7 Å². The predicted molar refractivity (Wildman–Crippen MR) is 94.6 cm³/mol. The molecule has 0 aliphatic carbocycles. The maximum absolute atomic E-state index is 12.3. The lowest BCUT2D eigenvalue weighted by atomic mass is 10.1. The molecule has 0 fully saturated rings. The lowest BCUT2D eigenvalue weighted by Crippen LogP contribution is -2.47. The number of sulfonamides is 1. The van der Waals surface area contributed by atoms with Crippen LogP contribution >= 0.6 is 11.3 Å². The van der Waals surface area contributed by atoms with Crippen LogP contribution in [0.4, 0.5) is 0 Å². The highest BCUT2D eigenvalue weighted by atomic mass is 32.2. The van der Waals surface area contributed by atoms with E-state index in [9.17, 15) is 8.42 Å². The Labute approximate surface area is 142 Å². The van der Waals surface area contributed by atoms with Gasteiger partial charge in [-0.1, -0.05) is 6.07 Å². The van der Waals surface area contributed by atoms with E-state index in [0.717, 1.165) is 0 Å². The lowest BCUT2D eigenvalue weighted by Gasteiger charge is -2.24. The highest BCUT2D eigenvalue weighted by molar-refractivity contribution is 7.91. The van der Waals surface area contributed by atoms with Gasteiger partial charge in [0.25, 0.3) is 10.0 Å². The van der Waals surface area contributed by atoms with Crippen molar-refractivity contribution in [2.45, 2.75) is 23.7 Å².